The molecular weight excluding hydrogens is 260 g/mol. The molecule has 0 heterocycles. The molecule has 2 N–H and O–H groups in total. The summed E-state index contributed by atoms with van der Waals surface area (Å²) in [5.74, 6) is 0.852. The van der Waals surface area contributed by atoms with Gasteiger partial charge in [-0.15, -0.1) is 0 Å². The predicted molar refractivity (Wildman–Crippen MR) is 76.0 cm³/mol. The summed E-state index contributed by atoms with van der Waals surface area (Å²) in [6, 6.07) is 6.93. The van der Waals surface area contributed by atoms with Gasteiger partial charge in [0.1, 0.15) is 5.75 Å². The van der Waals surface area contributed by atoms with Gasteiger partial charge >= 0.3 is 6.61 Å². The summed E-state index contributed by atoms with van der Waals surface area (Å²) in [5, 5.41) is 0. The van der Waals surface area contributed by atoms with Gasteiger partial charge in [-0.1, -0.05) is 32.9 Å². The van der Waals surface area contributed by atoms with Gasteiger partial charge in [0.25, 0.3) is 0 Å². The molecule has 1 aromatic rings. The second kappa shape index (κ2) is 5.32. The fourth-order valence-corrected chi connectivity index (χ4v) is 3.01. The average Bonchev–Trinajstić information content (AvgIpc) is 2.28. The molecule has 1 fully saturated rings. The van der Waals surface area contributed by atoms with E-state index < -0.39 is 6.61 Å². The van der Waals surface area contributed by atoms with E-state index in [1.807, 2.05) is 12.1 Å². The zero-order valence-corrected chi connectivity index (χ0v) is 12.3. The number of ether oxygens (including phenoxy) is 1. The maximum absolute atomic E-state index is 12.1. The molecule has 1 aliphatic carbocycles. The number of rotatable bonds is 4. The molecule has 112 valence electrons. The van der Waals surface area contributed by atoms with E-state index in [2.05, 4.69) is 25.5 Å². The molecule has 2 nitrogen and oxygen atoms in total. The van der Waals surface area contributed by atoms with Gasteiger partial charge in [-0.2, -0.15) is 8.78 Å². The van der Waals surface area contributed by atoms with Gasteiger partial charge < -0.3 is 10.5 Å². The minimum Gasteiger partial charge on any atom is -0.435 e. The molecule has 1 saturated carbocycles. The lowest BCUT2D eigenvalue weighted by Crippen LogP contribution is -2.50. The van der Waals surface area contributed by atoms with Crippen LogP contribution in [0, 0.1) is 11.3 Å². The molecule has 0 bridgehead atoms. The van der Waals surface area contributed by atoms with E-state index in [4.69, 9.17) is 5.73 Å². The minimum atomic E-state index is -2.78. The first-order chi connectivity index (χ1) is 9.27. The lowest BCUT2D eigenvalue weighted by molar-refractivity contribution is -0.0498. The summed E-state index contributed by atoms with van der Waals surface area (Å²) in [6.07, 6.45) is 2.12. The standard InChI is InChI=1S/C16H23F2NO/c1-15(2,3)12-8-16(9-12,10-19)11-4-6-13(7-5-11)20-14(17)18/h4-7,12,14H,8-10,19H2,1-3H3. The maximum atomic E-state index is 12.1. The van der Waals surface area contributed by atoms with Crippen LogP contribution < -0.4 is 10.5 Å². The lowest BCUT2D eigenvalue weighted by atomic mass is 9.52. The fourth-order valence-electron chi connectivity index (χ4n) is 3.01. The Kier molecular flexibility index (Phi) is 4.05. The van der Waals surface area contributed by atoms with Gasteiger partial charge in [0.05, 0.1) is 0 Å². The molecule has 0 amide bonds. The van der Waals surface area contributed by atoms with Crippen LogP contribution in [0.5, 0.6) is 5.75 Å². The molecule has 0 radical (unpaired) electrons. The van der Waals surface area contributed by atoms with E-state index in [-0.39, 0.29) is 16.6 Å². The van der Waals surface area contributed by atoms with Crippen molar-refractivity contribution < 1.29 is 13.5 Å². The van der Waals surface area contributed by atoms with Crippen LogP contribution >= 0.6 is 0 Å². The third-order valence-corrected chi connectivity index (χ3v) is 4.58. The van der Waals surface area contributed by atoms with Gasteiger partial charge in [-0.05, 0) is 41.9 Å². The van der Waals surface area contributed by atoms with E-state index in [9.17, 15) is 8.78 Å². The first kappa shape index (κ1) is 15.2. The van der Waals surface area contributed by atoms with Crippen molar-refractivity contribution in [2.75, 3.05) is 6.54 Å². The first-order valence-corrected chi connectivity index (χ1v) is 7.02. The predicted octanol–water partition coefficient (Wildman–Crippen LogP) is 3.94. The van der Waals surface area contributed by atoms with Crippen LogP contribution in [-0.2, 0) is 5.41 Å². The fraction of sp³-hybridized carbons (Fsp3) is 0.625. The number of halogens is 2. The zero-order chi connectivity index (χ0) is 15.0. The van der Waals surface area contributed by atoms with Crippen molar-refractivity contribution in [2.24, 2.45) is 17.1 Å². The van der Waals surface area contributed by atoms with Gasteiger partial charge in [0, 0.05) is 12.0 Å². The highest BCUT2D eigenvalue weighted by Gasteiger charge is 2.48. The van der Waals surface area contributed by atoms with Crippen molar-refractivity contribution in [3.63, 3.8) is 0 Å². The number of hydrogen-bond acceptors (Lipinski definition) is 2. The van der Waals surface area contributed by atoms with Crippen molar-refractivity contribution in [1.29, 1.82) is 0 Å². The molecule has 0 unspecified atom stereocenters. The van der Waals surface area contributed by atoms with Crippen LogP contribution in [0.15, 0.2) is 24.3 Å². The molecule has 0 aromatic heterocycles. The maximum Gasteiger partial charge on any atom is 0.387 e. The third kappa shape index (κ3) is 2.95. The van der Waals surface area contributed by atoms with Crippen molar-refractivity contribution in [3.05, 3.63) is 29.8 Å². The molecular formula is C16H23F2NO. The highest BCUT2D eigenvalue weighted by atomic mass is 19.3. The van der Waals surface area contributed by atoms with Crippen molar-refractivity contribution >= 4 is 0 Å². The van der Waals surface area contributed by atoms with Crippen LogP contribution in [0.2, 0.25) is 0 Å². The molecule has 0 saturated heterocycles. The van der Waals surface area contributed by atoms with Gasteiger partial charge in [0.2, 0.25) is 0 Å². The first-order valence-electron chi connectivity index (χ1n) is 7.02. The largest absolute Gasteiger partial charge is 0.435 e. The summed E-state index contributed by atoms with van der Waals surface area (Å²) in [5.41, 5.74) is 7.39. The van der Waals surface area contributed by atoms with E-state index in [1.165, 1.54) is 0 Å². The summed E-state index contributed by atoms with van der Waals surface area (Å²) < 4.78 is 28.7. The Balaban J connectivity index is 2.10. The Morgan fingerprint density at radius 1 is 1.25 bits per heavy atom. The number of benzene rings is 1. The molecule has 4 heteroatoms. The Morgan fingerprint density at radius 3 is 2.20 bits per heavy atom. The normalized spacial score (nSPS) is 26.4. The second-order valence-electron chi connectivity index (χ2n) is 6.86. The average molecular weight is 283 g/mol. The van der Waals surface area contributed by atoms with Crippen LogP contribution in [0.3, 0.4) is 0 Å². The molecule has 1 aliphatic rings. The van der Waals surface area contributed by atoms with Crippen LogP contribution in [0.25, 0.3) is 0 Å². The van der Waals surface area contributed by atoms with Crippen molar-refractivity contribution in [2.45, 2.75) is 45.6 Å². The second-order valence-corrected chi connectivity index (χ2v) is 6.86. The Hall–Kier alpha value is -1.16. The van der Waals surface area contributed by atoms with E-state index in [0.29, 0.717) is 12.5 Å². The van der Waals surface area contributed by atoms with Crippen LogP contribution in [-0.4, -0.2) is 13.2 Å². The quantitative estimate of drug-likeness (QED) is 0.908. The van der Waals surface area contributed by atoms with E-state index >= 15 is 0 Å². The molecule has 1 aromatic carbocycles. The Morgan fingerprint density at radius 2 is 1.80 bits per heavy atom. The van der Waals surface area contributed by atoms with Gasteiger partial charge in [-0.3, -0.25) is 0 Å². The SMILES string of the molecule is CC(C)(C)C1CC(CN)(c2ccc(OC(F)F)cc2)C1. The number of alkyl halides is 2. The molecule has 0 aliphatic heterocycles. The van der Waals surface area contributed by atoms with E-state index in [1.54, 1.807) is 12.1 Å². The van der Waals surface area contributed by atoms with E-state index in [0.717, 1.165) is 18.4 Å². The monoisotopic (exact) mass is 283 g/mol. The topological polar surface area (TPSA) is 35.2 Å². The third-order valence-electron chi connectivity index (χ3n) is 4.58. The van der Waals surface area contributed by atoms with Crippen molar-refractivity contribution in [3.8, 4) is 5.75 Å². The molecule has 0 spiro atoms. The summed E-state index contributed by atoms with van der Waals surface area (Å²) in [6.45, 7) is 4.56. The van der Waals surface area contributed by atoms with Crippen molar-refractivity contribution in [1.82, 2.24) is 0 Å². The molecule has 0 atom stereocenters. The van der Waals surface area contributed by atoms with Gasteiger partial charge in [-0.25, -0.2) is 0 Å². The van der Waals surface area contributed by atoms with Crippen LogP contribution in [0.4, 0.5) is 8.78 Å². The summed E-state index contributed by atoms with van der Waals surface area (Å²) in [7, 11) is 0. The lowest BCUT2D eigenvalue weighted by Gasteiger charge is -2.53. The Labute approximate surface area is 119 Å². The van der Waals surface area contributed by atoms with Gasteiger partial charge in [0.15, 0.2) is 0 Å². The Bertz CT molecular complexity index is 445. The zero-order valence-electron chi connectivity index (χ0n) is 12.3. The molecule has 2 rings (SSSR count). The highest BCUT2D eigenvalue weighted by Crippen LogP contribution is 2.53. The molecule has 20 heavy (non-hydrogen) atoms. The number of nitrogens with two attached hydrogens (primary N) is 1. The number of hydrogen-bond donors (Lipinski definition) is 1. The summed E-state index contributed by atoms with van der Waals surface area (Å²) in [4.78, 5) is 0. The van der Waals surface area contributed by atoms with Crippen LogP contribution in [0.1, 0.15) is 39.2 Å². The smallest absolute Gasteiger partial charge is 0.387 e. The minimum absolute atomic E-state index is 0.00130. The summed E-state index contributed by atoms with van der Waals surface area (Å²) >= 11 is 0. The highest BCUT2D eigenvalue weighted by molar-refractivity contribution is 5.35.